The zero-order valence-electron chi connectivity index (χ0n) is 11.6. The minimum Gasteiger partial charge on any atom is -0.478 e. The van der Waals surface area contributed by atoms with Crippen LogP contribution in [-0.4, -0.2) is 28.7 Å². The summed E-state index contributed by atoms with van der Waals surface area (Å²) in [6, 6.07) is 4.24. The van der Waals surface area contributed by atoms with Crippen LogP contribution in [0.15, 0.2) is 18.3 Å². The van der Waals surface area contributed by atoms with Gasteiger partial charge in [0.15, 0.2) is 5.69 Å². The van der Waals surface area contributed by atoms with Gasteiger partial charge < -0.3 is 20.1 Å². The zero-order chi connectivity index (χ0) is 17.3. The number of nitrogens with two attached hydrogens (primary N) is 1. The number of carbonyl (C=O) groups excluding carboxylic acids is 1. The van der Waals surface area contributed by atoms with Crippen molar-refractivity contribution in [2.45, 2.75) is 0 Å². The third-order valence-corrected chi connectivity index (χ3v) is 3.69. The molecule has 118 valence electrons. The van der Waals surface area contributed by atoms with Gasteiger partial charge >= 0.3 is 11.9 Å². The van der Waals surface area contributed by atoms with Crippen molar-refractivity contribution in [3.63, 3.8) is 0 Å². The Morgan fingerprint density at radius 3 is 2.52 bits per heavy atom. The lowest BCUT2D eigenvalue weighted by Gasteiger charge is -2.12. The molecule has 0 amide bonds. The molecule has 2 rings (SSSR count). The van der Waals surface area contributed by atoms with Crippen LogP contribution in [0.5, 0.6) is 0 Å². The molecule has 0 radical (unpaired) electrons. The molecule has 1 heterocycles. The van der Waals surface area contributed by atoms with E-state index in [1.807, 2.05) is 6.07 Å². The largest absolute Gasteiger partial charge is 0.478 e. The van der Waals surface area contributed by atoms with Crippen LogP contribution < -0.4 is 5.73 Å². The molecule has 0 fully saturated rings. The Morgan fingerprint density at radius 1 is 1.35 bits per heavy atom. The predicted molar refractivity (Wildman–Crippen MR) is 83.2 cm³/mol. The number of carboxylic acids is 1. The highest BCUT2D eigenvalue weighted by atomic mass is 35.5. The quantitative estimate of drug-likeness (QED) is 0.818. The van der Waals surface area contributed by atoms with Gasteiger partial charge in [-0.3, -0.25) is 0 Å². The normalized spacial score (nSPS) is 10.2. The number of nitriles is 1. The van der Waals surface area contributed by atoms with E-state index in [2.05, 4.69) is 4.74 Å². The molecule has 0 saturated heterocycles. The molecule has 1 aromatic heterocycles. The molecule has 0 atom stereocenters. The van der Waals surface area contributed by atoms with Crippen LogP contribution in [0.3, 0.4) is 0 Å². The number of carbonyl (C=O) groups is 2. The average molecular weight is 354 g/mol. The Balaban J connectivity index is 2.82. The summed E-state index contributed by atoms with van der Waals surface area (Å²) in [5.41, 5.74) is 5.48. The third-order valence-electron chi connectivity index (χ3n) is 3.07. The summed E-state index contributed by atoms with van der Waals surface area (Å²) in [5, 5.41) is 18.2. The molecule has 0 aliphatic heterocycles. The Kier molecular flexibility index (Phi) is 4.50. The van der Waals surface area contributed by atoms with Crippen LogP contribution in [-0.2, 0) is 4.74 Å². The van der Waals surface area contributed by atoms with Gasteiger partial charge in [0.1, 0.15) is 6.07 Å². The summed E-state index contributed by atoms with van der Waals surface area (Å²) in [5.74, 6) is -2.07. The van der Waals surface area contributed by atoms with Gasteiger partial charge in [-0.2, -0.15) is 5.26 Å². The molecule has 0 bridgehead atoms. The van der Waals surface area contributed by atoms with Gasteiger partial charge in [-0.25, -0.2) is 9.59 Å². The number of nitrogen functional groups attached to an aromatic ring is 1. The van der Waals surface area contributed by atoms with Crippen molar-refractivity contribution >= 4 is 40.8 Å². The number of carboxylic acid groups (broad SMARTS) is 1. The molecular formula is C14H9Cl2N3O4. The number of ether oxygens (including phenoxy) is 1. The Labute approximate surface area is 140 Å². The Hall–Kier alpha value is -2.69. The monoisotopic (exact) mass is 353 g/mol. The maximum atomic E-state index is 11.9. The SMILES string of the molecule is COC(=O)c1c(N)c(C#N)cn1-c1cc(C(=O)O)c(Cl)cc1Cl. The van der Waals surface area contributed by atoms with Crippen LogP contribution >= 0.6 is 23.2 Å². The molecule has 0 aliphatic carbocycles. The summed E-state index contributed by atoms with van der Waals surface area (Å²) in [4.78, 5) is 23.2. The van der Waals surface area contributed by atoms with Crippen molar-refractivity contribution < 1.29 is 19.4 Å². The maximum absolute atomic E-state index is 11.9. The molecule has 23 heavy (non-hydrogen) atoms. The minimum atomic E-state index is -1.27. The second kappa shape index (κ2) is 6.20. The molecular weight excluding hydrogens is 345 g/mol. The van der Waals surface area contributed by atoms with E-state index < -0.39 is 11.9 Å². The van der Waals surface area contributed by atoms with Crippen molar-refractivity contribution in [1.82, 2.24) is 4.57 Å². The topological polar surface area (TPSA) is 118 Å². The van der Waals surface area contributed by atoms with Gasteiger partial charge in [0.2, 0.25) is 0 Å². The van der Waals surface area contributed by atoms with Crippen LogP contribution in [0.1, 0.15) is 26.4 Å². The van der Waals surface area contributed by atoms with Gasteiger partial charge in [0, 0.05) is 6.20 Å². The van der Waals surface area contributed by atoms with E-state index in [-0.39, 0.29) is 38.2 Å². The van der Waals surface area contributed by atoms with E-state index in [4.69, 9.17) is 39.3 Å². The number of hydrogen-bond acceptors (Lipinski definition) is 5. The van der Waals surface area contributed by atoms with E-state index in [0.29, 0.717) is 0 Å². The van der Waals surface area contributed by atoms with Gasteiger partial charge in [-0.05, 0) is 12.1 Å². The predicted octanol–water partition coefficient (Wildman–Crippen LogP) is 2.72. The standard InChI is InChI=1S/C14H9Cl2N3O4/c1-23-14(22)12-11(18)6(4-17)5-19(12)10-2-7(13(20)21)8(15)3-9(10)16/h2-3,5H,18H2,1H3,(H,20,21). The number of methoxy groups -OCH3 is 1. The number of benzene rings is 1. The first-order chi connectivity index (χ1) is 10.8. The van der Waals surface area contributed by atoms with Gasteiger partial charge in [0.25, 0.3) is 0 Å². The number of anilines is 1. The number of nitrogens with zero attached hydrogens (tertiary/aromatic N) is 2. The fourth-order valence-electron chi connectivity index (χ4n) is 1.99. The van der Waals surface area contributed by atoms with Crippen molar-refractivity contribution in [3.8, 4) is 11.8 Å². The summed E-state index contributed by atoms with van der Waals surface area (Å²) in [7, 11) is 1.15. The molecule has 1 aromatic carbocycles. The number of esters is 1. The molecule has 3 N–H and O–H groups in total. The lowest BCUT2D eigenvalue weighted by molar-refractivity contribution is 0.0592. The lowest BCUT2D eigenvalue weighted by Crippen LogP contribution is -2.12. The number of aromatic carboxylic acids is 1. The first-order valence-electron chi connectivity index (χ1n) is 6.03. The highest BCUT2D eigenvalue weighted by Crippen LogP contribution is 2.32. The van der Waals surface area contributed by atoms with Gasteiger partial charge in [0.05, 0.1) is 39.7 Å². The Morgan fingerprint density at radius 2 is 2.00 bits per heavy atom. The molecule has 9 heteroatoms. The number of aromatic nitrogens is 1. The number of hydrogen-bond donors (Lipinski definition) is 2. The second-order valence-corrected chi connectivity index (χ2v) is 5.18. The highest BCUT2D eigenvalue weighted by molar-refractivity contribution is 6.37. The van der Waals surface area contributed by atoms with Crippen molar-refractivity contribution in [3.05, 3.63) is 45.2 Å². The summed E-state index contributed by atoms with van der Waals surface area (Å²) < 4.78 is 5.84. The average Bonchev–Trinajstić information content (AvgIpc) is 2.82. The molecule has 0 unspecified atom stereocenters. The number of halogens is 2. The number of rotatable bonds is 3. The second-order valence-electron chi connectivity index (χ2n) is 4.37. The summed E-state index contributed by atoms with van der Waals surface area (Å²) >= 11 is 11.9. The van der Waals surface area contributed by atoms with Crippen molar-refractivity contribution in [2.24, 2.45) is 0 Å². The molecule has 7 nitrogen and oxygen atoms in total. The van der Waals surface area contributed by atoms with Crippen LogP contribution in [0.25, 0.3) is 5.69 Å². The van der Waals surface area contributed by atoms with Crippen LogP contribution in [0.4, 0.5) is 5.69 Å². The molecule has 0 aliphatic rings. The van der Waals surface area contributed by atoms with Crippen LogP contribution in [0, 0.1) is 11.3 Å². The first kappa shape index (κ1) is 16.7. The minimum absolute atomic E-state index is 0.0216. The lowest BCUT2D eigenvalue weighted by atomic mass is 10.2. The maximum Gasteiger partial charge on any atom is 0.357 e. The summed E-state index contributed by atoms with van der Waals surface area (Å²) in [6.07, 6.45) is 1.27. The van der Waals surface area contributed by atoms with E-state index >= 15 is 0 Å². The third kappa shape index (κ3) is 2.82. The fraction of sp³-hybridized carbons (Fsp3) is 0.0714. The fourth-order valence-corrected chi connectivity index (χ4v) is 2.55. The van der Waals surface area contributed by atoms with Crippen molar-refractivity contribution in [1.29, 1.82) is 5.26 Å². The van der Waals surface area contributed by atoms with Gasteiger partial charge in [-0.1, -0.05) is 23.2 Å². The van der Waals surface area contributed by atoms with E-state index in [9.17, 15) is 9.59 Å². The molecule has 0 saturated carbocycles. The van der Waals surface area contributed by atoms with E-state index in [0.717, 1.165) is 7.11 Å². The van der Waals surface area contributed by atoms with E-state index in [1.54, 1.807) is 0 Å². The molecule has 2 aromatic rings. The Bertz CT molecular complexity index is 868. The smallest absolute Gasteiger partial charge is 0.357 e. The van der Waals surface area contributed by atoms with Crippen LogP contribution in [0.2, 0.25) is 10.0 Å². The first-order valence-corrected chi connectivity index (χ1v) is 6.79. The summed E-state index contributed by atoms with van der Waals surface area (Å²) in [6.45, 7) is 0. The van der Waals surface area contributed by atoms with E-state index in [1.165, 1.54) is 22.9 Å². The zero-order valence-corrected chi connectivity index (χ0v) is 13.1. The van der Waals surface area contributed by atoms with Gasteiger partial charge in [-0.15, -0.1) is 0 Å². The highest BCUT2D eigenvalue weighted by Gasteiger charge is 2.24. The van der Waals surface area contributed by atoms with Crippen molar-refractivity contribution in [2.75, 3.05) is 12.8 Å². The molecule has 0 spiro atoms.